The van der Waals surface area contributed by atoms with Gasteiger partial charge in [-0.15, -0.1) is 0 Å². The number of carbonyl (C=O) groups is 1. The summed E-state index contributed by atoms with van der Waals surface area (Å²) in [4.78, 5) is 26.3. The van der Waals surface area contributed by atoms with E-state index in [0.29, 0.717) is 6.42 Å². The Balaban J connectivity index is 2.79. The molecule has 0 radical (unpaired) electrons. The zero-order valence-corrected chi connectivity index (χ0v) is 8.86. The normalized spacial score (nSPS) is 12.7. The third kappa shape index (κ3) is 3.21. The van der Waals surface area contributed by atoms with Crippen LogP contribution in [0.25, 0.3) is 0 Å². The number of amides is 1. The van der Waals surface area contributed by atoms with Crippen LogP contribution >= 0.6 is 0 Å². The molecule has 1 amide bonds. The second-order valence-electron chi connectivity index (χ2n) is 3.65. The fourth-order valence-corrected chi connectivity index (χ4v) is 1.33. The Hall–Kier alpha value is -1.62. The van der Waals surface area contributed by atoms with Crippen molar-refractivity contribution in [3.63, 3.8) is 0 Å². The highest BCUT2D eigenvalue weighted by Gasteiger charge is 2.17. The fourth-order valence-electron chi connectivity index (χ4n) is 1.33. The molecule has 1 atom stereocenters. The molecule has 1 heterocycles. The number of carbonyl (C=O) groups excluding carboxylic acids is 1. The summed E-state index contributed by atoms with van der Waals surface area (Å²) in [7, 11) is 3.59. The Morgan fingerprint density at radius 1 is 1.53 bits per heavy atom. The van der Waals surface area contributed by atoms with Crippen LogP contribution in [-0.2, 0) is 11.2 Å². The highest BCUT2D eigenvalue weighted by Crippen LogP contribution is 2.03. The molecule has 0 aliphatic heterocycles. The first-order valence-electron chi connectivity index (χ1n) is 4.64. The van der Waals surface area contributed by atoms with E-state index in [2.05, 4.69) is 4.98 Å². The average molecular weight is 209 g/mol. The Morgan fingerprint density at radius 2 is 2.20 bits per heavy atom. The third-order valence-electron chi connectivity index (χ3n) is 2.23. The van der Waals surface area contributed by atoms with Crippen molar-refractivity contribution >= 4 is 5.91 Å². The molecule has 3 N–H and O–H groups in total. The van der Waals surface area contributed by atoms with Gasteiger partial charge in [-0.25, -0.2) is 0 Å². The number of aromatic amines is 1. The average Bonchev–Trinajstić information content (AvgIpc) is 2.15. The van der Waals surface area contributed by atoms with Crippen LogP contribution in [0.1, 0.15) is 5.56 Å². The van der Waals surface area contributed by atoms with Crippen LogP contribution in [0.3, 0.4) is 0 Å². The number of pyridine rings is 1. The molecule has 1 rings (SSSR count). The quantitative estimate of drug-likeness (QED) is 0.690. The van der Waals surface area contributed by atoms with Crippen molar-refractivity contribution in [1.82, 2.24) is 9.88 Å². The Morgan fingerprint density at radius 3 is 2.60 bits per heavy atom. The second kappa shape index (κ2) is 4.75. The lowest BCUT2D eigenvalue weighted by Crippen LogP contribution is -2.42. The van der Waals surface area contributed by atoms with Crippen molar-refractivity contribution in [2.24, 2.45) is 5.73 Å². The molecule has 0 saturated carbocycles. The van der Waals surface area contributed by atoms with Gasteiger partial charge >= 0.3 is 0 Å². The topological polar surface area (TPSA) is 79.2 Å². The van der Waals surface area contributed by atoms with Gasteiger partial charge < -0.3 is 10.7 Å². The van der Waals surface area contributed by atoms with Gasteiger partial charge in [-0.2, -0.15) is 0 Å². The minimum Gasteiger partial charge on any atom is -0.368 e. The van der Waals surface area contributed by atoms with E-state index in [-0.39, 0.29) is 17.5 Å². The van der Waals surface area contributed by atoms with E-state index in [4.69, 9.17) is 5.73 Å². The molecule has 1 aromatic heterocycles. The van der Waals surface area contributed by atoms with E-state index in [1.54, 1.807) is 31.3 Å². The first kappa shape index (κ1) is 11.5. The van der Waals surface area contributed by atoms with Crippen molar-refractivity contribution in [3.8, 4) is 0 Å². The number of nitrogens with zero attached hydrogens (tertiary/aromatic N) is 1. The van der Waals surface area contributed by atoms with Crippen LogP contribution in [0.15, 0.2) is 23.1 Å². The first-order valence-corrected chi connectivity index (χ1v) is 4.64. The summed E-state index contributed by atoms with van der Waals surface area (Å²) in [6.07, 6.45) is 2.10. The molecule has 0 bridgehead atoms. The molecule has 82 valence electrons. The van der Waals surface area contributed by atoms with Gasteiger partial charge in [0.2, 0.25) is 11.5 Å². The summed E-state index contributed by atoms with van der Waals surface area (Å²) in [6.45, 7) is 0. The van der Waals surface area contributed by atoms with Crippen molar-refractivity contribution in [1.29, 1.82) is 0 Å². The van der Waals surface area contributed by atoms with Gasteiger partial charge in [0.1, 0.15) is 0 Å². The van der Waals surface area contributed by atoms with Crippen molar-refractivity contribution < 1.29 is 4.79 Å². The predicted octanol–water partition coefficient (Wildman–Crippen LogP) is -0.667. The maximum Gasteiger partial charge on any atom is 0.247 e. The number of primary amides is 1. The lowest BCUT2D eigenvalue weighted by molar-refractivity contribution is -0.122. The van der Waals surface area contributed by atoms with Crippen molar-refractivity contribution in [3.05, 3.63) is 34.2 Å². The lowest BCUT2D eigenvalue weighted by atomic mass is 10.1. The molecule has 0 aliphatic carbocycles. The maximum absolute atomic E-state index is 11.1. The number of aromatic nitrogens is 1. The monoisotopic (exact) mass is 209 g/mol. The fraction of sp³-hybridized carbons (Fsp3) is 0.400. The molecule has 1 unspecified atom stereocenters. The SMILES string of the molecule is CN(C)C(Cc1ccc(=O)[nH]c1)C(N)=O. The summed E-state index contributed by atoms with van der Waals surface area (Å²) < 4.78 is 0. The van der Waals surface area contributed by atoms with Crippen LogP contribution in [0, 0.1) is 0 Å². The Labute approximate surface area is 87.9 Å². The summed E-state index contributed by atoms with van der Waals surface area (Å²) in [5.41, 5.74) is 5.99. The van der Waals surface area contributed by atoms with Crippen LogP contribution < -0.4 is 11.3 Å². The van der Waals surface area contributed by atoms with Crippen LogP contribution in [0.2, 0.25) is 0 Å². The molecule has 1 aromatic rings. The number of hydrogen-bond donors (Lipinski definition) is 2. The molecule has 0 spiro atoms. The van der Waals surface area contributed by atoms with Gasteiger partial charge in [-0.05, 0) is 26.1 Å². The number of hydrogen-bond acceptors (Lipinski definition) is 3. The molecule has 0 aromatic carbocycles. The van der Waals surface area contributed by atoms with E-state index in [9.17, 15) is 9.59 Å². The van der Waals surface area contributed by atoms with Crippen LogP contribution in [0.4, 0.5) is 0 Å². The van der Waals surface area contributed by atoms with Crippen LogP contribution in [-0.4, -0.2) is 35.9 Å². The van der Waals surface area contributed by atoms with Crippen molar-refractivity contribution in [2.75, 3.05) is 14.1 Å². The van der Waals surface area contributed by atoms with Gasteiger partial charge in [-0.3, -0.25) is 14.5 Å². The third-order valence-corrected chi connectivity index (χ3v) is 2.23. The summed E-state index contributed by atoms with van der Waals surface area (Å²) in [5, 5.41) is 0. The molecule has 0 aliphatic rings. The van der Waals surface area contributed by atoms with E-state index in [0.717, 1.165) is 5.56 Å². The maximum atomic E-state index is 11.1. The smallest absolute Gasteiger partial charge is 0.247 e. The number of nitrogens with one attached hydrogen (secondary N) is 1. The zero-order chi connectivity index (χ0) is 11.4. The molecule has 0 saturated heterocycles. The highest BCUT2D eigenvalue weighted by atomic mass is 16.1. The van der Waals surface area contributed by atoms with Gasteiger partial charge in [0.05, 0.1) is 6.04 Å². The van der Waals surface area contributed by atoms with Crippen molar-refractivity contribution in [2.45, 2.75) is 12.5 Å². The number of rotatable bonds is 4. The Bertz CT molecular complexity index is 377. The molecule has 5 heteroatoms. The second-order valence-corrected chi connectivity index (χ2v) is 3.65. The van der Waals surface area contributed by atoms with Gasteiger partial charge in [0.25, 0.3) is 0 Å². The number of H-pyrrole nitrogens is 1. The highest BCUT2D eigenvalue weighted by molar-refractivity contribution is 5.80. The van der Waals surface area contributed by atoms with E-state index < -0.39 is 0 Å². The molecule has 5 nitrogen and oxygen atoms in total. The van der Waals surface area contributed by atoms with E-state index in [1.807, 2.05) is 0 Å². The van der Waals surface area contributed by atoms with Crippen LogP contribution in [0.5, 0.6) is 0 Å². The predicted molar refractivity (Wildman–Crippen MR) is 57.4 cm³/mol. The van der Waals surface area contributed by atoms with E-state index in [1.165, 1.54) is 6.07 Å². The minimum atomic E-state index is -0.369. The zero-order valence-electron chi connectivity index (χ0n) is 8.86. The largest absolute Gasteiger partial charge is 0.368 e. The molecular weight excluding hydrogens is 194 g/mol. The lowest BCUT2D eigenvalue weighted by Gasteiger charge is -2.20. The molecule has 0 fully saturated rings. The summed E-state index contributed by atoms with van der Waals surface area (Å²) >= 11 is 0. The minimum absolute atomic E-state index is 0.153. The standard InChI is InChI=1S/C10H15N3O2/c1-13(2)8(10(11)15)5-7-3-4-9(14)12-6-7/h3-4,6,8H,5H2,1-2H3,(H2,11,15)(H,12,14). The summed E-state index contributed by atoms with van der Waals surface area (Å²) in [5.74, 6) is -0.369. The van der Waals surface area contributed by atoms with Gasteiger partial charge in [0.15, 0.2) is 0 Å². The van der Waals surface area contributed by atoms with E-state index >= 15 is 0 Å². The summed E-state index contributed by atoms with van der Waals surface area (Å²) in [6, 6.07) is 2.78. The Kier molecular flexibility index (Phi) is 3.62. The first-order chi connectivity index (χ1) is 7.00. The molecular formula is C10H15N3O2. The number of likely N-dealkylation sites (N-methyl/N-ethyl adjacent to an activating group) is 1. The number of nitrogens with two attached hydrogens (primary N) is 1. The molecule has 15 heavy (non-hydrogen) atoms. The van der Waals surface area contributed by atoms with Gasteiger partial charge in [0, 0.05) is 12.3 Å². The van der Waals surface area contributed by atoms with Gasteiger partial charge in [-0.1, -0.05) is 6.07 Å².